The molecular formula is C18H19N3O2. The fourth-order valence-electron chi connectivity index (χ4n) is 3.91. The van der Waals surface area contributed by atoms with Gasteiger partial charge in [-0.15, -0.1) is 0 Å². The average molecular weight is 309 g/mol. The predicted molar refractivity (Wildman–Crippen MR) is 88.0 cm³/mol. The van der Waals surface area contributed by atoms with Crippen LogP contribution in [0.15, 0.2) is 36.5 Å². The minimum Gasteiger partial charge on any atom is -0.370 e. The van der Waals surface area contributed by atoms with Crippen molar-refractivity contribution < 1.29 is 9.59 Å². The van der Waals surface area contributed by atoms with Crippen LogP contribution in [0, 0.1) is 5.41 Å². The molecule has 1 aromatic carbocycles. The number of nitrogens with one attached hydrogen (secondary N) is 1. The molecule has 5 nitrogen and oxygen atoms in total. The zero-order valence-corrected chi connectivity index (χ0v) is 12.9. The number of imide groups is 1. The number of nitrogens with zero attached hydrogens (tertiary/aromatic N) is 2. The predicted octanol–water partition coefficient (Wildman–Crippen LogP) is 2.26. The lowest BCUT2D eigenvalue weighted by Gasteiger charge is -2.43. The van der Waals surface area contributed by atoms with Crippen molar-refractivity contribution in [3.63, 3.8) is 0 Å². The molecule has 1 spiro atoms. The lowest BCUT2D eigenvalue weighted by molar-refractivity contribution is -0.138. The van der Waals surface area contributed by atoms with Crippen LogP contribution in [0.1, 0.15) is 25.7 Å². The van der Waals surface area contributed by atoms with Gasteiger partial charge in [0.05, 0.1) is 11.2 Å². The van der Waals surface area contributed by atoms with Crippen molar-refractivity contribution in [1.29, 1.82) is 0 Å². The normalized spacial score (nSPS) is 20.8. The van der Waals surface area contributed by atoms with Gasteiger partial charge in [-0.2, -0.15) is 0 Å². The van der Waals surface area contributed by atoms with Gasteiger partial charge in [-0.25, -0.2) is 0 Å². The molecule has 1 aromatic heterocycles. The number of rotatable bonds is 1. The first-order valence-electron chi connectivity index (χ1n) is 8.07. The second-order valence-electron chi connectivity index (χ2n) is 6.66. The molecule has 2 amide bonds. The Morgan fingerprint density at radius 1 is 1.00 bits per heavy atom. The molecule has 2 aromatic rings. The first kappa shape index (κ1) is 14.2. The number of pyridine rings is 1. The second kappa shape index (κ2) is 5.33. The van der Waals surface area contributed by atoms with Crippen molar-refractivity contribution in [3.8, 4) is 0 Å². The van der Waals surface area contributed by atoms with Crippen LogP contribution < -0.4 is 10.2 Å². The number of para-hydroxylation sites is 1. The Balaban J connectivity index is 1.57. The van der Waals surface area contributed by atoms with Gasteiger partial charge in [0.25, 0.3) is 0 Å². The van der Waals surface area contributed by atoms with E-state index in [1.54, 1.807) is 0 Å². The summed E-state index contributed by atoms with van der Waals surface area (Å²) in [6.45, 7) is 1.71. The van der Waals surface area contributed by atoms with Gasteiger partial charge >= 0.3 is 0 Å². The molecule has 2 aliphatic heterocycles. The number of aromatic nitrogens is 1. The summed E-state index contributed by atoms with van der Waals surface area (Å²) in [6, 6.07) is 10.2. The number of hydrogen-bond donors (Lipinski definition) is 1. The molecular weight excluding hydrogens is 290 g/mol. The van der Waals surface area contributed by atoms with E-state index < -0.39 is 0 Å². The van der Waals surface area contributed by atoms with Crippen molar-refractivity contribution in [2.24, 2.45) is 5.41 Å². The molecule has 118 valence electrons. The van der Waals surface area contributed by atoms with Crippen LogP contribution >= 0.6 is 0 Å². The highest BCUT2D eigenvalue weighted by atomic mass is 16.2. The monoisotopic (exact) mass is 309 g/mol. The zero-order chi connectivity index (χ0) is 15.9. The number of anilines is 1. The fourth-order valence-corrected chi connectivity index (χ4v) is 3.91. The van der Waals surface area contributed by atoms with E-state index >= 15 is 0 Å². The Morgan fingerprint density at radius 3 is 2.43 bits per heavy atom. The number of amides is 2. The summed E-state index contributed by atoms with van der Waals surface area (Å²) >= 11 is 0. The van der Waals surface area contributed by atoms with Gasteiger partial charge in [0.2, 0.25) is 11.8 Å². The van der Waals surface area contributed by atoms with Gasteiger partial charge in [0, 0.05) is 37.5 Å². The molecule has 0 atom stereocenters. The molecule has 3 heterocycles. The van der Waals surface area contributed by atoms with Crippen LogP contribution in [0.25, 0.3) is 10.9 Å². The van der Waals surface area contributed by atoms with Crippen molar-refractivity contribution >= 4 is 28.4 Å². The lowest BCUT2D eigenvalue weighted by atomic mass is 9.71. The third-order valence-corrected chi connectivity index (χ3v) is 5.13. The average Bonchev–Trinajstić information content (AvgIpc) is 2.54. The molecule has 2 aliphatic rings. The van der Waals surface area contributed by atoms with E-state index in [1.165, 1.54) is 0 Å². The lowest BCUT2D eigenvalue weighted by Crippen LogP contribution is -2.50. The molecule has 5 heteroatoms. The number of carbonyl (C=O) groups is 2. The minimum absolute atomic E-state index is 0.124. The van der Waals surface area contributed by atoms with Gasteiger partial charge in [-0.05, 0) is 30.4 Å². The summed E-state index contributed by atoms with van der Waals surface area (Å²) in [5, 5.41) is 3.55. The van der Waals surface area contributed by atoms with Gasteiger partial charge < -0.3 is 4.90 Å². The van der Waals surface area contributed by atoms with Gasteiger partial charge in [0.15, 0.2) is 0 Å². The van der Waals surface area contributed by atoms with Crippen LogP contribution in [0.5, 0.6) is 0 Å². The van der Waals surface area contributed by atoms with Crippen molar-refractivity contribution in [2.75, 3.05) is 18.0 Å². The van der Waals surface area contributed by atoms with Crippen molar-refractivity contribution in [3.05, 3.63) is 36.5 Å². The summed E-state index contributed by atoms with van der Waals surface area (Å²) < 4.78 is 0. The quantitative estimate of drug-likeness (QED) is 0.821. The Kier molecular flexibility index (Phi) is 3.29. The molecule has 2 saturated heterocycles. The molecule has 0 radical (unpaired) electrons. The Labute approximate surface area is 134 Å². The van der Waals surface area contributed by atoms with Crippen LogP contribution in [0.2, 0.25) is 0 Å². The molecule has 0 aliphatic carbocycles. The molecule has 0 saturated carbocycles. The smallest absolute Gasteiger partial charge is 0.227 e. The molecule has 2 fully saturated rings. The first-order valence-corrected chi connectivity index (χ1v) is 8.07. The molecule has 0 bridgehead atoms. The summed E-state index contributed by atoms with van der Waals surface area (Å²) in [5.41, 5.74) is 2.02. The number of fused-ring (bicyclic) bond motifs is 1. The summed E-state index contributed by atoms with van der Waals surface area (Å²) in [4.78, 5) is 30.3. The molecule has 0 unspecified atom stereocenters. The Morgan fingerprint density at radius 2 is 1.70 bits per heavy atom. The SMILES string of the molecule is O=C1CC2(CCN(c3cccc4cccnc34)CC2)CC(=O)N1. The number of hydrogen-bond acceptors (Lipinski definition) is 4. The van der Waals surface area contributed by atoms with Crippen molar-refractivity contribution in [1.82, 2.24) is 10.3 Å². The van der Waals surface area contributed by atoms with Gasteiger partial charge in [0.1, 0.15) is 0 Å². The first-order chi connectivity index (χ1) is 11.2. The minimum atomic E-state index is -0.145. The number of piperidine rings is 2. The largest absolute Gasteiger partial charge is 0.370 e. The van der Waals surface area contributed by atoms with Crippen LogP contribution in [0.3, 0.4) is 0 Å². The summed E-state index contributed by atoms with van der Waals surface area (Å²) in [5.74, 6) is -0.247. The number of carbonyl (C=O) groups excluding carboxylic acids is 2. The topological polar surface area (TPSA) is 62.3 Å². The van der Waals surface area contributed by atoms with E-state index in [2.05, 4.69) is 39.5 Å². The Hall–Kier alpha value is -2.43. The maximum absolute atomic E-state index is 11.7. The molecule has 23 heavy (non-hydrogen) atoms. The third-order valence-electron chi connectivity index (χ3n) is 5.13. The maximum atomic E-state index is 11.7. The van der Waals surface area contributed by atoms with Gasteiger partial charge in [-0.1, -0.05) is 18.2 Å². The van der Waals surface area contributed by atoms with E-state index in [-0.39, 0.29) is 17.2 Å². The van der Waals surface area contributed by atoms with E-state index in [0.29, 0.717) is 12.8 Å². The zero-order valence-electron chi connectivity index (χ0n) is 12.9. The maximum Gasteiger partial charge on any atom is 0.227 e. The highest BCUT2D eigenvalue weighted by molar-refractivity contribution is 5.98. The van der Waals surface area contributed by atoms with E-state index in [4.69, 9.17) is 0 Å². The molecule has 1 N–H and O–H groups in total. The standard InChI is InChI=1S/C18H19N3O2/c22-15-11-18(12-16(23)20-15)6-9-21(10-7-18)14-5-1-3-13-4-2-8-19-17(13)14/h1-5,8H,6-7,9-12H2,(H,20,22,23). The van der Waals surface area contributed by atoms with Crippen molar-refractivity contribution in [2.45, 2.75) is 25.7 Å². The van der Waals surface area contributed by atoms with E-state index in [9.17, 15) is 9.59 Å². The van der Waals surface area contributed by atoms with E-state index in [1.807, 2.05) is 12.3 Å². The highest BCUT2D eigenvalue weighted by Gasteiger charge is 2.42. The Bertz CT molecular complexity index is 755. The highest BCUT2D eigenvalue weighted by Crippen LogP contribution is 2.41. The fraction of sp³-hybridized carbons (Fsp3) is 0.389. The van der Waals surface area contributed by atoms with Crippen LogP contribution in [-0.4, -0.2) is 29.9 Å². The number of benzene rings is 1. The summed E-state index contributed by atoms with van der Waals surface area (Å²) in [6.07, 6.45) is 4.51. The third kappa shape index (κ3) is 2.56. The summed E-state index contributed by atoms with van der Waals surface area (Å²) in [7, 11) is 0. The second-order valence-corrected chi connectivity index (χ2v) is 6.66. The molecule has 4 rings (SSSR count). The van der Waals surface area contributed by atoms with Crippen LogP contribution in [-0.2, 0) is 9.59 Å². The van der Waals surface area contributed by atoms with E-state index in [0.717, 1.165) is 42.5 Å². The van der Waals surface area contributed by atoms with Gasteiger partial charge in [-0.3, -0.25) is 19.9 Å². The van der Waals surface area contributed by atoms with Crippen LogP contribution in [0.4, 0.5) is 5.69 Å².